The topological polar surface area (TPSA) is 30.5 Å². The highest BCUT2D eigenvalue weighted by molar-refractivity contribution is 6.30. The first kappa shape index (κ1) is 16.8. The third kappa shape index (κ3) is 5.59. The van der Waals surface area contributed by atoms with Gasteiger partial charge in [0.1, 0.15) is 0 Å². The molecule has 0 bridgehead atoms. The number of ether oxygens (including phenoxy) is 2. The number of benzene rings is 1. The molecule has 0 saturated carbocycles. The Morgan fingerprint density at radius 1 is 1.38 bits per heavy atom. The van der Waals surface area contributed by atoms with Gasteiger partial charge in [0.25, 0.3) is 0 Å². The molecule has 0 amide bonds. The Kier molecular flexibility index (Phi) is 7.51. The van der Waals surface area contributed by atoms with Crippen LogP contribution in [0.1, 0.15) is 37.9 Å². The summed E-state index contributed by atoms with van der Waals surface area (Å²) >= 11 is 6.14. The summed E-state index contributed by atoms with van der Waals surface area (Å²) in [5, 5.41) is 4.25. The van der Waals surface area contributed by atoms with E-state index < -0.39 is 0 Å². The van der Waals surface area contributed by atoms with E-state index in [0.29, 0.717) is 5.92 Å². The van der Waals surface area contributed by atoms with Crippen LogP contribution in [0.3, 0.4) is 0 Å². The standard InChI is InChI=1S/C17H26ClNO2/c1-2-20-10-5-11-21-17(15-7-4-9-19-13-15)14-6-3-8-16(18)12-14/h3,6,8,12,15,17,19H,2,4-5,7,9-11,13H2,1H3/t15-,17?/m1/s1. The normalized spacial score (nSPS) is 20.4. The molecule has 1 aliphatic heterocycles. The van der Waals surface area contributed by atoms with Gasteiger partial charge in [-0.15, -0.1) is 0 Å². The van der Waals surface area contributed by atoms with Crippen molar-refractivity contribution in [3.8, 4) is 0 Å². The molecule has 21 heavy (non-hydrogen) atoms. The van der Waals surface area contributed by atoms with Gasteiger partial charge in [0, 0.05) is 37.3 Å². The quantitative estimate of drug-likeness (QED) is 0.740. The average Bonchev–Trinajstić information content (AvgIpc) is 2.52. The van der Waals surface area contributed by atoms with E-state index in [0.717, 1.165) is 44.4 Å². The molecule has 1 fully saturated rings. The van der Waals surface area contributed by atoms with Gasteiger partial charge in [-0.05, 0) is 50.4 Å². The minimum atomic E-state index is 0.123. The molecule has 3 nitrogen and oxygen atoms in total. The van der Waals surface area contributed by atoms with Crippen LogP contribution < -0.4 is 5.32 Å². The maximum atomic E-state index is 6.19. The van der Waals surface area contributed by atoms with Crippen LogP contribution in [0.25, 0.3) is 0 Å². The van der Waals surface area contributed by atoms with E-state index in [4.69, 9.17) is 21.1 Å². The monoisotopic (exact) mass is 311 g/mol. The summed E-state index contributed by atoms with van der Waals surface area (Å²) in [6.45, 7) is 6.41. The van der Waals surface area contributed by atoms with Crippen LogP contribution in [0.5, 0.6) is 0 Å². The lowest BCUT2D eigenvalue weighted by Crippen LogP contribution is -2.34. The fourth-order valence-electron chi connectivity index (χ4n) is 2.84. The zero-order valence-corrected chi connectivity index (χ0v) is 13.6. The van der Waals surface area contributed by atoms with E-state index in [1.165, 1.54) is 18.4 Å². The Morgan fingerprint density at radius 3 is 3.00 bits per heavy atom. The van der Waals surface area contributed by atoms with Crippen LogP contribution in [-0.2, 0) is 9.47 Å². The molecule has 1 aromatic rings. The fourth-order valence-corrected chi connectivity index (χ4v) is 3.04. The summed E-state index contributed by atoms with van der Waals surface area (Å²) in [6, 6.07) is 8.07. The van der Waals surface area contributed by atoms with Crippen LogP contribution in [0.2, 0.25) is 5.02 Å². The van der Waals surface area contributed by atoms with Crippen molar-refractivity contribution in [2.75, 3.05) is 32.9 Å². The highest BCUT2D eigenvalue weighted by Crippen LogP contribution is 2.32. The highest BCUT2D eigenvalue weighted by atomic mass is 35.5. The molecule has 0 aromatic heterocycles. The van der Waals surface area contributed by atoms with E-state index in [-0.39, 0.29) is 6.10 Å². The van der Waals surface area contributed by atoms with Crippen LogP contribution in [0.4, 0.5) is 0 Å². The molecule has 2 atom stereocenters. The van der Waals surface area contributed by atoms with Crippen molar-refractivity contribution in [3.63, 3.8) is 0 Å². The zero-order valence-electron chi connectivity index (χ0n) is 12.8. The molecule has 1 aromatic carbocycles. The SMILES string of the molecule is CCOCCCOC(c1cccc(Cl)c1)[C@@H]1CCCNC1. The first-order valence-electron chi connectivity index (χ1n) is 7.96. The molecule has 1 saturated heterocycles. The molecule has 1 N–H and O–H groups in total. The van der Waals surface area contributed by atoms with Gasteiger partial charge >= 0.3 is 0 Å². The van der Waals surface area contributed by atoms with Crippen LogP contribution in [0.15, 0.2) is 24.3 Å². The Balaban J connectivity index is 1.96. The van der Waals surface area contributed by atoms with Gasteiger partial charge < -0.3 is 14.8 Å². The van der Waals surface area contributed by atoms with Crippen molar-refractivity contribution in [1.82, 2.24) is 5.32 Å². The first-order chi connectivity index (χ1) is 10.3. The molecular formula is C17H26ClNO2. The molecule has 1 aliphatic rings. The second kappa shape index (κ2) is 9.42. The molecule has 118 valence electrons. The van der Waals surface area contributed by atoms with Gasteiger partial charge in [-0.25, -0.2) is 0 Å². The minimum absolute atomic E-state index is 0.123. The van der Waals surface area contributed by atoms with Crippen molar-refractivity contribution in [3.05, 3.63) is 34.9 Å². The Labute approximate surface area is 133 Å². The lowest BCUT2D eigenvalue weighted by atomic mass is 9.89. The van der Waals surface area contributed by atoms with Crippen molar-refractivity contribution >= 4 is 11.6 Å². The van der Waals surface area contributed by atoms with E-state index in [1.807, 2.05) is 25.1 Å². The second-order valence-corrected chi connectivity index (χ2v) is 5.94. The highest BCUT2D eigenvalue weighted by Gasteiger charge is 2.25. The lowest BCUT2D eigenvalue weighted by Gasteiger charge is -2.31. The maximum Gasteiger partial charge on any atom is 0.0865 e. The summed E-state index contributed by atoms with van der Waals surface area (Å²) in [5.41, 5.74) is 1.19. The summed E-state index contributed by atoms with van der Waals surface area (Å²) < 4.78 is 11.6. The molecule has 1 heterocycles. The Bertz CT molecular complexity index is 408. The number of hydrogen-bond donors (Lipinski definition) is 1. The van der Waals surface area contributed by atoms with Gasteiger partial charge in [-0.1, -0.05) is 23.7 Å². The number of halogens is 1. The number of hydrogen-bond acceptors (Lipinski definition) is 3. The van der Waals surface area contributed by atoms with Gasteiger partial charge in [-0.2, -0.15) is 0 Å². The smallest absolute Gasteiger partial charge is 0.0865 e. The van der Waals surface area contributed by atoms with E-state index in [9.17, 15) is 0 Å². The average molecular weight is 312 g/mol. The summed E-state index contributed by atoms with van der Waals surface area (Å²) in [7, 11) is 0. The molecule has 0 spiro atoms. The summed E-state index contributed by atoms with van der Waals surface area (Å²) in [4.78, 5) is 0. The first-order valence-corrected chi connectivity index (χ1v) is 8.34. The Hall–Kier alpha value is -0.610. The van der Waals surface area contributed by atoms with E-state index >= 15 is 0 Å². The van der Waals surface area contributed by atoms with Gasteiger partial charge in [0.15, 0.2) is 0 Å². The minimum Gasteiger partial charge on any atom is -0.382 e. The lowest BCUT2D eigenvalue weighted by molar-refractivity contribution is -0.00719. The van der Waals surface area contributed by atoms with Gasteiger partial charge in [0.05, 0.1) is 6.10 Å². The van der Waals surface area contributed by atoms with Crippen LogP contribution >= 0.6 is 11.6 Å². The molecular weight excluding hydrogens is 286 g/mol. The molecule has 0 radical (unpaired) electrons. The third-order valence-corrected chi connectivity index (χ3v) is 4.11. The van der Waals surface area contributed by atoms with Crippen molar-refractivity contribution < 1.29 is 9.47 Å². The predicted octanol–water partition coefficient (Wildman–Crippen LogP) is 3.82. The van der Waals surface area contributed by atoms with Crippen molar-refractivity contribution in [1.29, 1.82) is 0 Å². The van der Waals surface area contributed by atoms with Crippen molar-refractivity contribution in [2.24, 2.45) is 5.92 Å². The fraction of sp³-hybridized carbons (Fsp3) is 0.647. The summed E-state index contributed by atoms with van der Waals surface area (Å²) in [5.74, 6) is 0.518. The second-order valence-electron chi connectivity index (χ2n) is 5.50. The molecule has 2 rings (SSSR count). The van der Waals surface area contributed by atoms with E-state index in [1.54, 1.807) is 0 Å². The van der Waals surface area contributed by atoms with Crippen LogP contribution in [0, 0.1) is 5.92 Å². The summed E-state index contributed by atoms with van der Waals surface area (Å²) in [6.07, 6.45) is 3.48. The third-order valence-electron chi connectivity index (χ3n) is 3.87. The van der Waals surface area contributed by atoms with Gasteiger partial charge in [0.2, 0.25) is 0 Å². The number of piperidine rings is 1. The van der Waals surface area contributed by atoms with Gasteiger partial charge in [-0.3, -0.25) is 0 Å². The predicted molar refractivity (Wildman–Crippen MR) is 86.8 cm³/mol. The van der Waals surface area contributed by atoms with E-state index in [2.05, 4.69) is 11.4 Å². The molecule has 1 unspecified atom stereocenters. The largest absolute Gasteiger partial charge is 0.382 e. The number of rotatable bonds is 8. The molecule has 0 aliphatic carbocycles. The Morgan fingerprint density at radius 2 is 2.29 bits per heavy atom. The van der Waals surface area contributed by atoms with Crippen molar-refractivity contribution in [2.45, 2.75) is 32.3 Å². The zero-order chi connectivity index (χ0) is 14.9. The molecule has 4 heteroatoms. The maximum absolute atomic E-state index is 6.19. The number of nitrogens with one attached hydrogen (secondary N) is 1. The van der Waals surface area contributed by atoms with Crippen LogP contribution in [-0.4, -0.2) is 32.9 Å².